The molecule has 4 heterocycles. The van der Waals surface area contributed by atoms with Crippen molar-refractivity contribution in [3.63, 3.8) is 0 Å². The van der Waals surface area contributed by atoms with Crippen LogP contribution >= 0.6 is 0 Å². The molecule has 8 heteroatoms. The van der Waals surface area contributed by atoms with Gasteiger partial charge in [0, 0.05) is 52.9 Å². The minimum Gasteiger partial charge on any atom is -0.497 e. The van der Waals surface area contributed by atoms with E-state index in [2.05, 4.69) is 38.8 Å². The predicted molar refractivity (Wildman–Crippen MR) is 159 cm³/mol. The summed E-state index contributed by atoms with van der Waals surface area (Å²) in [6.45, 7) is 1.92. The van der Waals surface area contributed by atoms with Gasteiger partial charge in [-0.05, 0) is 37.1 Å². The van der Waals surface area contributed by atoms with Crippen molar-refractivity contribution in [3.8, 4) is 22.8 Å². The summed E-state index contributed by atoms with van der Waals surface area (Å²) in [5.41, 5.74) is 2.75. The van der Waals surface area contributed by atoms with Gasteiger partial charge in [0.2, 0.25) is 5.89 Å². The van der Waals surface area contributed by atoms with Gasteiger partial charge in [-0.25, -0.2) is 9.97 Å². The number of nitrogens with one attached hydrogen (secondary N) is 2. The number of rotatable bonds is 10. The van der Waals surface area contributed by atoms with Crippen molar-refractivity contribution in [3.05, 3.63) is 96.6 Å². The summed E-state index contributed by atoms with van der Waals surface area (Å²) in [6.07, 6.45) is 5.46. The van der Waals surface area contributed by atoms with E-state index in [9.17, 15) is 0 Å². The first-order chi connectivity index (χ1) is 20.1. The van der Waals surface area contributed by atoms with Crippen molar-refractivity contribution in [2.24, 2.45) is 0 Å². The van der Waals surface area contributed by atoms with Gasteiger partial charge in [-0.15, -0.1) is 0 Å². The Morgan fingerprint density at radius 1 is 0.878 bits per heavy atom. The molecular weight excluding hydrogens is 516 g/mol. The average Bonchev–Trinajstić information content (AvgIpc) is 3.74. The number of pyridine rings is 1. The molecule has 1 aliphatic carbocycles. The Balaban J connectivity index is 1.04. The van der Waals surface area contributed by atoms with Gasteiger partial charge in [0.1, 0.15) is 17.3 Å². The Kier molecular flexibility index (Phi) is 6.27. The summed E-state index contributed by atoms with van der Waals surface area (Å²) in [7, 11) is 3.31. The van der Waals surface area contributed by atoms with Crippen molar-refractivity contribution < 1.29 is 18.6 Å². The maximum absolute atomic E-state index is 6.36. The van der Waals surface area contributed by atoms with Crippen LogP contribution in [0.1, 0.15) is 24.3 Å². The molecule has 0 atom stereocenters. The number of oxazole rings is 1. The second kappa shape index (κ2) is 10.1. The summed E-state index contributed by atoms with van der Waals surface area (Å²) >= 11 is 0. The number of hydrogen-bond donors (Lipinski definition) is 2. The van der Waals surface area contributed by atoms with E-state index in [1.54, 1.807) is 14.2 Å². The van der Waals surface area contributed by atoms with Gasteiger partial charge in [-0.2, -0.15) is 0 Å². The van der Waals surface area contributed by atoms with Crippen LogP contribution in [0.2, 0.25) is 0 Å². The predicted octanol–water partition coefficient (Wildman–Crippen LogP) is 6.43. The normalized spacial score (nSPS) is 20.9. The highest BCUT2D eigenvalue weighted by Crippen LogP contribution is 2.58. The number of anilines is 2. The Morgan fingerprint density at radius 2 is 1.76 bits per heavy atom. The Bertz CT molecular complexity index is 1690. The molecule has 208 valence electrons. The van der Waals surface area contributed by atoms with Crippen LogP contribution in [0.15, 0.2) is 89.6 Å². The van der Waals surface area contributed by atoms with Gasteiger partial charge in [-0.3, -0.25) is 0 Å². The fourth-order valence-electron chi connectivity index (χ4n) is 6.26. The van der Waals surface area contributed by atoms with Crippen LogP contribution < -0.4 is 20.1 Å². The fourth-order valence-corrected chi connectivity index (χ4v) is 6.26. The molecular formula is C33H32N4O4. The molecule has 0 unspecified atom stereocenters. The number of nitrogens with zero attached hydrogens (tertiary/aromatic N) is 2. The number of benzene rings is 3. The first kappa shape index (κ1) is 25.4. The first-order valence-corrected chi connectivity index (χ1v) is 13.8. The molecule has 0 spiro atoms. The van der Waals surface area contributed by atoms with E-state index in [-0.39, 0.29) is 11.0 Å². The molecule has 1 saturated carbocycles. The molecule has 2 aromatic heterocycles. The quantitative estimate of drug-likeness (QED) is 0.206. The van der Waals surface area contributed by atoms with Crippen LogP contribution in [-0.4, -0.2) is 42.9 Å². The third kappa shape index (κ3) is 4.54. The van der Waals surface area contributed by atoms with Gasteiger partial charge >= 0.3 is 0 Å². The zero-order valence-corrected chi connectivity index (χ0v) is 23.1. The summed E-state index contributed by atoms with van der Waals surface area (Å²) in [6, 6.07) is 24.2. The minimum atomic E-state index is -0.220. The van der Waals surface area contributed by atoms with Gasteiger partial charge < -0.3 is 29.3 Å². The van der Waals surface area contributed by atoms with Crippen LogP contribution in [-0.2, 0) is 16.7 Å². The van der Waals surface area contributed by atoms with Gasteiger partial charge in [0.05, 0.1) is 38.0 Å². The molecule has 8 nitrogen and oxygen atoms in total. The van der Waals surface area contributed by atoms with Gasteiger partial charge in [-0.1, -0.05) is 42.5 Å². The molecule has 8 rings (SSSR count). The monoisotopic (exact) mass is 548 g/mol. The lowest BCUT2D eigenvalue weighted by Crippen LogP contribution is -2.51. The molecule has 5 aromatic rings. The van der Waals surface area contributed by atoms with Crippen molar-refractivity contribution in [2.45, 2.75) is 30.4 Å². The third-order valence-corrected chi connectivity index (χ3v) is 8.34. The van der Waals surface area contributed by atoms with Crippen molar-refractivity contribution in [1.29, 1.82) is 0 Å². The molecule has 0 amide bonds. The molecule has 3 aliphatic rings. The standard InChI is InChI=1S/C33H32N4O4/c1-38-24-12-11-23(28(15-24)39-2)16-35-30-26-9-6-10-27(25(26)13-14-34-30)37-20-33-18-32(19-33,21-40-33)31-36-17-29(41-31)22-7-4-3-5-8-22/h3-15,17,37H,16,18-21H2,1-2H3,(H,34,35). The lowest BCUT2D eigenvalue weighted by atomic mass is 9.62. The van der Waals surface area contributed by atoms with Gasteiger partial charge in [0.25, 0.3) is 0 Å². The summed E-state index contributed by atoms with van der Waals surface area (Å²) in [5.74, 6) is 3.94. The molecule has 41 heavy (non-hydrogen) atoms. The van der Waals surface area contributed by atoms with E-state index in [1.807, 2.05) is 67.0 Å². The summed E-state index contributed by atoms with van der Waals surface area (Å²) < 4.78 is 23.5. The van der Waals surface area contributed by atoms with E-state index >= 15 is 0 Å². The maximum Gasteiger partial charge on any atom is 0.203 e. The van der Waals surface area contributed by atoms with E-state index in [1.165, 1.54) is 0 Å². The number of methoxy groups -OCH3 is 2. The molecule has 2 aliphatic heterocycles. The highest BCUT2D eigenvalue weighted by atomic mass is 16.5. The molecule has 3 fully saturated rings. The maximum atomic E-state index is 6.36. The number of aromatic nitrogens is 2. The number of ether oxygens (including phenoxy) is 3. The molecule has 2 N–H and O–H groups in total. The Morgan fingerprint density at radius 3 is 2.59 bits per heavy atom. The Labute approximate surface area is 238 Å². The van der Waals surface area contributed by atoms with E-state index < -0.39 is 0 Å². The van der Waals surface area contributed by atoms with E-state index in [4.69, 9.17) is 18.6 Å². The topological polar surface area (TPSA) is 90.7 Å². The Hall–Kier alpha value is -4.56. The van der Waals surface area contributed by atoms with Crippen molar-refractivity contribution >= 4 is 22.3 Å². The van der Waals surface area contributed by atoms with Crippen LogP contribution in [0.4, 0.5) is 11.5 Å². The van der Waals surface area contributed by atoms with Gasteiger partial charge in [0.15, 0.2) is 5.76 Å². The average molecular weight is 549 g/mol. The van der Waals surface area contributed by atoms with Crippen LogP contribution in [0.3, 0.4) is 0 Å². The van der Waals surface area contributed by atoms with Crippen LogP contribution in [0, 0.1) is 0 Å². The first-order valence-electron chi connectivity index (χ1n) is 13.8. The SMILES string of the molecule is COc1ccc(CNc2nccc3c(NCC45CC(c6ncc(-c7ccccc7)o6)(CO4)C5)cccc23)c(OC)c1. The fraction of sp³-hybridized carbons (Fsp3) is 0.273. The van der Waals surface area contributed by atoms with Crippen molar-refractivity contribution in [2.75, 3.05) is 38.0 Å². The zero-order valence-electron chi connectivity index (χ0n) is 23.1. The van der Waals surface area contributed by atoms with Crippen LogP contribution in [0.5, 0.6) is 11.5 Å². The largest absolute Gasteiger partial charge is 0.497 e. The molecule has 0 radical (unpaired) electrons. The van der Waals surface area contributed by atoms with Crippen LogP contribution in [0.25, 0.3) is 22.1 Å². The highest BCUT2D eigenvalue weighted by molar-refractivity contribution is 5.99. The summed E-state index contributed by atoms with van der Waals surface area (Å²) in [4.78, 5) is 9.28. The van der Waals surface area contributed by atoms with Crippen molar-refractivity contribution in [1.82, 2.24) is 9.97 Å². The molecule has 2 bridgehead atoms. The second-order valence-corrected chi connectivity index (χ2v) is 10.9. The smallest absolute Gasteiger partial charge is 0.203 e. The summed E-state index contributed by atoms with van der Waals surface area (Å²) in [5, 5.41) is 9.32. The number of hydrogen-bond acceptors (Lipinski definition) is 8. The van der Waals surface area contributed by atoms with E-state index in [0.717, 1.165) is 69.4 Å². The lowest BCUT2D eigenvalue weighted by molar-refractivity contribution is 0.00725. The second-order valence-electron chi connectivity index (χ2n) is 10.9. The molecule has 3 aromatic carbocycles. The lowest BCUT2D eigenvalue weighted by Gasteiger charge is -2.42. The zero-order chi connectivity index (χ0) is 27.9. The highest BCUT2D eigenvalue weighted by Gasteiger charge is 2.65. The minimum absolute atomic E-state index is 0.142. The number of fused-ring (bicyclic) bond motifs is 2. The third-order valence-electron chi connectivity index (χ3n) is 8.34. The molecule has 2 saturated heterocycles. The van der Waals surface area contributed by atoms with E-state index in [0.29, 0.717) is 19.7 Å².